The Morgan fingerprint density at radius 1 is 1.00 bits per heavy atom. The van der Waals surface area contributed by atoms with E-state index in [9.17, 15) is 18.4 Å². The highest BCUT2D eigenvalue weighted by atomic mass is 19.2. The maximum Gasteiger partial charge on any atom is 0.224 e. The van der Waals surface area contributed by atoms with Crippen LogP contribution in [0.25, 0.3) is 0 Å². The van der Waals surface area contributed by atoms with E-state index in [4.69, 9.17) is 0 Å². The van der Waals surface area contributed by atoms with Crippen LogP contribution < -0.4 is 10.6 Å². The zero-order chi connectivity index (χ0) is 18.2. The second-order valence-corrected chi connectivity index (χ2v) is 5.73. The predicted molar refractivity (Wildman–Crippen MR) is 90.7 cm³/mol. The summed E-state index contributed by atoms with van der Waals surface area (Å²) in [4.78, 5) is 23.7. The Morgan fingerprint density at radius 2 is 1.72 bits per heavy atom. The molecule has 0 fully saturated rings. The van der Waals surface area contributed by atoms with Gasteiger partial charge in [-0.1, -0.05) is 36.4 Å². The van der Waals surface area contributed by atoms with Crippen molar-refractivity contribution < 1.29 is 18.4 Å². The molecule has 1 unspecified atom stereocenters. The number of benzene rings is 2. The van der Waals surface area contributed by atoms with Crippen molar-refractivity contribution in [3.05, 3.63) is 71.3 Å². The van der Waals surface area contributed by atoms with Gasteiger partial charge in [0.25, 0.3) is 0 Å². The second-order valence-electron chi connectivity index (χ2n) is 5.73. The quantitative estimate of drug-likeness (QED) is 0.810. The third-order valence-electron chi connectivity index (χ3n) is 3.70. The fourth-order valence-corrected chi connectivity index (χ4v) is 2.34. The first-order chi connectivity index (χ1) is 12.0. The fraction of sp³-hybridized carbons (Fsp3) is 0.263. The first-order valence-corrected chi connectivity index (χ1v) is 8.00. The Morgan fingerprint density at radius 3 is 2.40 bits per heavy atom. The van der Waals surface area contributed by atoms with Crippen LogP contribution in [0, 0.1) is 11.6 Å². The number of halogens is 2. The van der Waals surface area contributed by atoms with Gasteiger partial charge in [-0.05, 0) is 30.2 Å². The lowest BCUT2D eigenvalue weighted by Crippen LogP contribution is -2.32. The number of carbonyl (C=O) groups is 2. The van der Waals surface area contributed by atoms with Crippen molar-refractivity contribution in [1.82, 2.24) is 10.6 Å². The van der Waals surface area contributed by atoms with Crippen molar-refractivity contribution >= 4 is 11.8 Å². The van der Waals surface area contributed by atoms with Crippen LogP contribution in [0.15, 0.2) is 48.5 Å². The average Bonchev–Trinajstić information content (AvgIpc) is 2.58. The predicted octanol–water partition coefficient (Wildman–Crippen LogP) is 2.89. The molecule has 4 nitrogen and oxygen atoms in total. The third-order valence-corrected chi connectivity index (χ3v) is 3.70. The van der Waals surface area contributed by atoms with Crippen molar-refractivity contribution in [2.45, 2.75) is 25.8 Å². The van der Waals surface area contributed by atoms with Crippen molar-refractivity contribution in [3.8, 4) is 0 Å². The number of hydrogen-bond acceptors (Lipinski definition) is 2. The normalized spacial score (nSPS) is 11.6. The van der Waals surface area contributed by atoms with E-state index < -0.39 is 17.7 Å². The lowest BCUT2D eigenvalue weighted by atomic mass is 10.1. The lowest BCUT2D eigenvalue weighted by molar-refractivity contribution is -0.122. The lowest BCUT2D eigenvalue weighted by Gasteiger charge is -2.15. The Kier molecular flexibility index (Phi) is 6.62. The zero-order valence-electron chi connectivity index (χ0n) is 13.9. The molecule has 0 aliphatic heterocycles. The summed E-state index contributed by atoms with van der Waals surface area (Å²) >= 11 is 0. The molecule has 0 aromatic heterocycles. The molecule has 0 bridgehead atoms. The van der Waals surface area contributed by atoms with Crippen molar-refractivity contribution in [3.63, 3.8) is 0 Å². The second kappa shape index (κ2) is 8.92. The van der Waals surface area contributed by atoms with Crippen LogP contribution in [0.2, 0.25) is 0 Å². The topological polar surface area (TPSA) is 58.2 Å². The largest absolute Gasteiger partial charge is 0.355 e. The summed E-state index contributed by atoms with van der Waals surface area (Å²) in [5.41, 5.74) is 1.37. The van der Waals surface area contributed by atoms with Crippen LogP contribution in [0.4, 0.5) is 8.78 Å². The highest BCUT2D eigenvalue weighted by Gasteiger charge is 2.12. The first-order valence-electron chi connectivity index (χ1n) is 8.00. The molecule has 2 aromatic carbocycles. The number of carbonyl (C=O) groups excluding carboxylic acids is 2. The molecule has 0 saturated carbocycles. The summed E-state index contributed by atoms with van der Waals surface area (Å²) in [6.07, 6.45) is 0.363. The van der Waals surface area contributed by atoms with Gasteiger partial charge in [-0.25, -0.2) is 8.78 Å². The van der Waals surface area contributed by atoms with Gasteiger partial charge in [0.15, 0.2) is 11.6 Å². The summed E-state index contributed by atoms with van der Waals surface area (Å²) in [6, 6.07) is 12.4. The van der Waals surface area contributed by atoms with Crippen LogP contribution in [0.5, 0.6) is 0 Å². The van der Waals surface area contributed by atoms with E-state index in [1.807, 2.05) is 30.3 Å². The highest BCUT2D eigenvalue weighted by Crippen LogP contribution is 2.15. The van der Waals surface area contributed by atoms with Gasteiger partial charge in [0.1, 0.15) is 0 Å². The smallest absolute Gasteiger partial charge is 0.224 e. The number of amides is 2. The molecule has 2 N–H and O–H groups in total. The fourth-order valence-electron chi connectivity index (χ4n) is 2.34. The molecule has 0 spiro atoms. The van der Waals surface area contributed by atoms with Crippen molar-refractivity contribution in [2.24, 2.45) is 0 Å². The van der Waals surface area contributed by atoms with Gasteiger partial charge in [0.05, 0.1) is 12.5 Å². The molecule has 2 rings (SSSR count). The van der Waals surface area contributed by atoms with Gasteiger partial charge in [0.2, 0.25) is 11.8 Å². The van der Waals surface area contributed by atoms with Gasteiger partial charge < -0.3 is 10.6 Å². The summed E-state index contributed by atoms with van der Waals surface area (Å²) < 4.78 is 26.1. The molecular formula is C19H20F2N2O2. The van der Waals surface area contributed by atoms with Gasteiger partial charge in [-0.2, -0.15) is 0 Å². The molecular weight excluding hydrogens is 326 g/mol. The van der Waals surface area contributed by atoms with Crippen LogP contribution >= 0.6 is 0 Å². The Hall–Kier alpha value is -2.76. The third kappa shape index (κ3) is 5.99. The van der Waals surface area contributed by atoms with Crippen molar-refractivity contribution in [2.75, 3.05) is 6.54 Å². The zero-order valence-corrected chi connectivity index (χ0v) is 13.9. The highest BCUT2D eigenvalue weighted by molar-refractivity contribution is 5.80. The van der Waals surface area contributed by atoms with Crippen LogP contribution in [-0.4, -0.2) is 18.4 Å². The SMILES string of the molecule is CC(NC(=O)CCNC(=O)Cc1ccccc1)c1ccc(F)c(F)c1. The van der Waals surface area contributed by atoms with E-state index >= 15 is 0 Å². The monoisotopic (exact) mass is 346 g/mol. The van der Waals surface area contributed by atoms with Gasteiger partial charge in [-0.15, -0.1) is 0 Å². The Bertz CT molecular complexity index is 735. The maximum absolute atomic E-state index is 13.2. The molecule has 0 radical (unpaired) electrons. The van der Waals surface area contributed by atoms with Gasteiger partial charge >= 0.3 is 0 Å². The average molecular weight is 346 g/mol. The van der Waals surface area contributed by atoms with E-state index in [1.54, 1.807) is 6.92 Å². The number of hydrogen-bond donors (Lipinski definition) is 2. The molecule has 0 saturated heterocycles. The molecule has 0 heterocycles. The van der Waals surface area contributed by atoms with Crippen LogP contribution in [-0.2, 0) is 16.0 Å². The summed E-state index contributed by atoms with van der Waals surface area (Å²) in [7, 11) is 0. The molecule has 25 heavy (non-hydrogen) atoms. The number of nitrogens with one attached hydrogen (secondary N) is 2. The molecule has 0 aliphatic rings. The van der Waals surface area contributed by atoms with Gasteiger partial charge in [-0.3, -0.25) is 9.59 Å². The van der Waals surface area contributed by atoms with E-state index in [0.29, 0.717) is 5.56 Å². The molecule has 132 valence electrons. The Balaban J connectivity index is 1.73. The standard InChI is InChI=1S/C19H20F2N2O2/c1-13(15-7-8-16(20)17(21)12-15)23-18(24)9-10-22-19(25)11-14-5-3-2-4-6-14/h2-8,12-13H,9-11H2,1H3,(H,22,25)(H,23,24). The van der Waals surface area contributed by atoms with E-state index in [0.717, 1.165) is 17.7 Å². The maximum atomic E-state index is 13.2. The number of rotatable bonds is 7. The molecule has 2 aromatic rings. The molecule has 6 heteroatoms. The minimum absolute atomic E-state index is 0.106. The molecule has 2 amide bonds. The van der Waals surface area contributed by atoms with E-state index in [2.05, 4.69) is 10.6 Å². The summed E-state index contributed by atoms with van der Waals surface area (Å²) in [5.74, 6) is -2.32. The van der Waals surface area contributed by atoms with Crippen molar-refractivity contribution in [1.29, 1.82) is 0 Å². The van der Waals surface area contributed by atoms with Crippen LogP contribution in [0.3, 0.4) is 0 Å². The summed E-state index contributed by atoms with van der Waals surface area (Å²) in [5, 5.41) is 5.37. The van der Waals surface area contributed by atoms with Crippen LogP contribution in [0.1, 0.15) is 30.5 Å². The minimum Gasteiger partial charge on any atom is -0.355 e. The van der Waals surface area contributed by atoms with E-state index in [1.165, 1.54) is 6.07 Å². The minimum atomic E-state index is -0.952. The molecule has 0 aliphatic carbocycles. The molecule has 1 atom stereocenters. The summed E-state index contributed by atoms with van der Waals surface area (Å²) in [6.45, 7) is 1.89. The van der Waals surface area contributed by atoms with Gasteiger partial charge in [0, 0.05) is 13.0 Å². The van der Waals surface area contributed by atoms with E-state index in [-0.39, 0.29) is 31.2 Å². The first kappa shape index (κ1) is 18.6. The Labute approximate surface area is 145 Å².